The number of nitrogens with zero attached hydrogens (tertiary/aromatic N) is 3. The van der Waals surface area contributed by atoms with Gasteiger partial charge in [0.15, 0.2) is 0 Å². The first-order chi connectivity index (χ1) is 6.79. The van der Waals surface area contributed by atoms with Gasteiger partial charge < -0.3 is 10.6 Å². The van der Waals surface area contributed by atoms with E-state index in [2.05, 4.69) is 14.9 Å². The number of hydrogen-bond acceptors (Lipinski definition) is 4. The Hall–Kier alpha value is -0.580. The van der Waals surface area contributed by atoms with Gasteiger partial charge in [0, 0.05) is 19.3 Å². The summed E-state index contributed by atoms with van der Waals surface area (Å²) in [5.74, 6) is 1.28. The van der Waals surface area contributed by atoms with E-state index in [4.69, 9.17) is 17.3 Å². The molecule has 15 heavy (non-hydrogen) atoms. The molecule has 1 aromatic heterocycles. The minimum absolute atomic E-state index is 0. The van der Waals surface area contributed by atoms with Crippen molar-refractivity contribution in [1.29, 1.82) is 0 Å². The van der Waals surface area contributed by atoms with Gasteiger partial charge >= 0.3 is 0 Å². The Morgan fingerprint density at radius 3 is 3.00 bits per heavy atom. The van der Waals surface area contributed by atoms with Gasteiger partial charge in [-0.25, -0.2) is 9.97 Å². The van der Waals surface area contributed by atoms with Gasteiger partial charge in [0.25, 0.3) is 0 Å². The fourth-order valence-electron chi connectivity index (χ4n) is 1.69. The SMILES string of the molecule is Cl.NCC1CCN(c2nccc(Cl)n2)C1. The normalized spacial score (nSPS) is 20.1. The maximum atomic E-state index is 5.79. The first-order valence-corrected chi connectivity index (χ1v) is 5.11. The molecule has 1 unspecified atom stereocenters. The lowest BCUT2D eigenvalue weighted by atomic mass is 10.1. The molecular formula is C9H14Cl2N4. The first-order valence-electron chi connectivity index (χ1n) is 4.73. The standard InChI is InChI=1S/C9H13ClN4.ClH/c10-8-1-3-12-9(13-8)14-4-2-7(5-11)6-14;/h1,3,7H,2,4-6,11H2;1H. The monoisotopic (exact) mass is 248 g/mol. The molecule has 4 nitrogen and oxygen atoms in total. The van der Waals surface area contributed by atoms with Crippen molar-refractivity contribution in [2.75, 3.05) is 24.5 Å². The predicted molar refractivity (Wildman–Crippen MR) is 63.7 cm³/mol. The molecule has 0 aliphatic carbocycles. The summed E-state index contributed by atoms with van der Waals surface area (Å²) >= 11 is 5.79. The van der Waals surface area contributed by atoms with Crippen molar-refractivity contribution in [2.45, 2.75) is 6.42 Å². The average molecular weight is 249 g/mol. The zero-order valence-corrected chi connectivity index (χ0v) is 9.84. The Kier molecular flexibility index (Phi) is 4.57. The minimum atomic E-state index is 0. The summed E-state index contributed by atoms with van der Waals surface area (Å²) < 4.78 is 0. The Balaban J connectivity index is 0.00000112. The molecule has 84 valence electrons. The van der Waals surface area contributed by atoms with Crippen LogP contribution in [-0.4, -0.2) is 29.6 Å². The summed E-state index contributed by atoms with van der Waals surface area (Å²) in [4.78, 5) is 10.5. The lowest BCUT2D eigenvalue weighted by Gasteiger charge is -2.15. The summed E-state index contributed by atoms with van der Waals surface area (Å²) in [5, 5.41) is 0.492. The fourth-order valence-corrected chi connectivity index (χ4v) is 1.82. The van der Waals surface area contributed by atoms with Crippen LogP contribution in [0.3, 0.4) is 0 Å². The second-order valence-corrected chi connectivity index (χ2v) is 3.90. The highest BCUT2D eigenvalue weighted by Crippen LogP contribution is 2.20. The summed E-state index contributed by atoms with van der Waals surface area (Å²) in [6.45, 7) is 2.65. The highest BCUT2D eigenvalue weighted by molar-refractivity contribution is 6.29. The van der Waals surface area contributed by atoms with Crippen LogP contribution in [0, 0.1) is 5.92 Å². The van der Waals surface area contributed by atoms with Crippen molar-refractivity contribution < 1.29 is 0 Å². The number of halogens is 2. The first kappa shape index (κ1) is 12.5. The highest BCUT2D eigenvalue weighted by Gasteiger charge is 2.22. The number of hydrogen-bond donors (Lipinski definition) is 1. The average Bonchev–Trinajstić information content (AvgIpc) is 2.66. The highest BCUT2D eigenvalue weighted by atomic mass is 35.5. The van der Waals surface area contributed by atoms with E-state index in [9.17, 15) is 0 Å². The van der Waals surface area contributed by atoms with Gasteiger partial charge in [-0.05, 0) is 24.9 Å². The summed E-state index contributed by atoms with van der Waals surface area (Å²) in [7, 11) is 0. The van der Waals surface area contributed by atoms with E-state index < -0.39 is 0 Å². The van der Waals surface area contributed by atoms with Crippen LogP contribution < -0.4 is 10.6 Å². The smallest absolute Gasteiger partial charge is 0.226 e. The Bertz CT molecular complexity index is 321. The van der Waals surface area contributed by atoms with Gasteiger partial charge in [-0.1, -0.05) is 11.6 Å². The summed E-state index contributed by atoms with van der Waals surface area (Å²) in [5.41, 5.74) is 5.61. The third kappa shape index (κ3) is 2.93. The number of anilines is 1. The Morgan fingerprint density at radius 1 is 1.60 bits per heavy atom. The van der Waals surface area contributed by atoms with Crippen LogP contribution in [0.15, 0.2) is 12.3 Å². The van der Waals surface area contributed by atoms with Crippen molar-refractivity contribution in [3.63, 3.8) is 0 Å². The summed E-state index contributed by atoms with van der Waals surface area (Å²) in [6, 6.07) is 1.68. The van der Waals surface area contributed by atoms with Gasteiger partial charge in [-0.3, -0.25) is 0 Å². The molecule has 2 heterocycles. The topological polar surface area (TPSA) is 55.0 Å². The second kappa shape index (κ2) is 5.49. The molecule has 0 aromatic carbocycles. The Labute approximate surface area is 100 Å². The molecule has 1 atom stereocenters. The van der Waals surface area contributed by atoms with Gasteiger partial charge in [0.05, 0.1) is 0 Å². The molecule has 0 saturated carbocycles. The molecule has 0 radical (unpaired) electrons. The molecule has 1 saturated heterocycles. The van der Waals surface area contributed by atoms with E-state index in [0.717, 1.165) is 26.1 Å². The van der Waals surface area contributed by atoms with Crippen LogP contribution in [0.4, 0.5) is 5.95 Å². The van der Waals surface area contributed by atoms with Crippen molar-refractivity contribution in [3.8, 4) is 0 Å². The molecule has 6 heteroatoms. The number of aromatic nitrogens is 2. The molecule has 1 fully saturated rings. The third-order valence-corrected chi connectivity index (χ3v) is 2.72. The van der Waals surface area contributed by atoms with E-state index in [0.29, 0.717) is 17.0 Å². The molecule has 0 amide bonds. The van der Waals surface area contributed by atoms with Crippen LogP contribution in [0.5, 0.6) is 0 Å². The van der Waals surface area contributed by atoms with E-state index in [1.54, 1.807) is 12.3 Å². The quantitative estimate of drug-likeness (QED) is 0.803. The molecule has 2 N–H and O–H groups in total. The lowest BCUT2D eigenvalue weighted by molar-refractivity contribution is 0.602. The van der Waals surface area contributed by atoms with Crippen molar-refractivity contribution in [3.05, 3.63) is 17.4 Å². The minimum Gasteiger partial charge on any atom is -0.340 e. The van der Waals surface area contributed by atoms with Crippen LogP contribution in [0.2, 0.25) is 5.15 Å². The van der Waals surface area contributed by atoms with E-state index in [1.165, 1.54) is 0 Å². The summed E-state index contributed by atoms with van der Waals surface area (Å²) in [6.07, 6.45) is 2.80. The van der Waals surface area contributed by atoms with Crippen LogP contribution in [0.25, 0.3) is 0 Å². The second-order valence-electron chi connectivity index (χ2n) is 3.52. The van der Waals surface area contributed by atoms with Crippen molar-refractivity contribution in [1.82, 2.24) is 9.97 Å². The van der Waals surface area contributed by atoms with Crippen LogP contribution in [0.1, 0.15) is 6.42 Å². The number of rotatable bonds is 2. The van der Waals surface area contributed by atoms with Gasteiger partial charge in [-0.15, -0.1) is 12.4 Å². The van der Waals surface area contributed by atoms with Crippen molar-refractivity contribution in [2.24, 2.45) is 11.7 Å². The van der Waals surface area contributed by atoms with Crippen LogP contribution in [-0.2, 0) is 0 Å². The fraction of sp³-hybridized carbons (Fsp3) is 0.556. The van der Waals surface area contributed by atoms with E-state index >= 15 is 0 Å². The van der Waals surface area contributed by atoms with Crippen LogP contribution >= 0.6 is 24.0 Å². The molecule has 2 rings (SSSR count). The zero-order valence-electron chi connectivity index (χ0n) is 8.27. The molecule has 0 bridgehead atoms. The maximum Gasteiger partial charge on any atom is 0.226 e. The van der Waals surface area contributed by atoms with Gasteiger partial charge in [-0.2, -0.15) is 0 Å². The van der Waals surface area contributed by atoms with Crippen molar-refractivity contribution >= 4 is 30.0 Å². The third-order valence-electron chi connectivity index (χ3n) is 2.51. The maximum absolute atomic E-state index is 5.79. The lowest BCUT2D eigenvalue weighted by Crippen LogP contribution is -2.24. The molecule has 0 spiro atoms. The molecule has 1 aliphatic heterocycles. The van der Waals surface area contributed by atoms with Gasteiger partial charge in [0.2, 0.25) is 5.95 Å². The van der Waals surface area contributed by atoms with E-state index in [-0.39, 0.29) is 12.4 Å². The zero-order chi connectivity index (χ0) is 9.97. The molecular weight excluding hydrogens is 235 g/mol. The number of nitrogens with two attached hydrogens (primary N) is 1. The Morgan fingerprint density at radius 2 is 2.40 bits per heavy atom. The van der Waals surface area contributed by atoms with Gasteiger partial charge in [0.1, 0.15) is 5.15 Å². The molecule has 1 aliphatic rings. The largest absolute Gasteiger partial charge is 0.340 e. The van der Waals surface area contributed by atoms with E-state index in [1.807, 2.05) is 0 Å². The molecule has 1 aromatic rings. The predicted octanol–water partition coefficient (Wildman–Crippen LogP) is 1.34.